The SMILES string of the molecule is O=C(CCCCCN1C(=O)c2ccccc2N2C(=O)c3ccccc3C12)Nc1cccc2ncccc12. The average Bonchev–Trinajstić information content (AvgIpc) is 3.23. The molecule has 7 heteroatoms. The molecule has 0 saturated carbocycles. The van der Waals surface area contributed by atoms with E-state index in [1.165, 1.54) is 0 Å². The molecular weight excluding hydrogens is 464 g/mol. The average molecular weight is 491 g/mol. The number of rotatable bonds is 7. The molecule has 1 unspecified atom stereocenters. The number of carbonyl (C=O) groups is 3. The topological polar surface area (TPSA) is 82.6 Å². The number of amides is 3. The van der Waals surface area contributed by atoms with Crippen LogP contribution in [0.3, 0.4) is 0 Å². The lowest BCUT2D eigenvalue weighted by Crippen LogP contribution is -2.48. The van der Waals surface area contributed by atoms with E-state index in [2.05, 4.69) is 10.3 Å². The predicted octanol–water partition coefficient (Wildman–Crippen LogP) is 5.55. The van der Waals surface area contributed by atoms with Crippen molar-refractivity contribution in [2.45, 2.75) is 31.8 Å². The van der Waals surface area contributed by atoms with Crippen LogP contribution in [0.2, 0.25) is 0 Å². The highest BCUT2D eigenvalue weighted by Gasteiger charge is 2.47. The van der Waals surface area contributed by atoms with Gasteiger partial charge in [-0.2, -0.15) is 0 Å². The van der Waals surface area contributed by atoms with Crippen LogP contribution in [0.5, 0.6) is 0 Å². The minimum Gasteiger partial charge on any atom is -0.325 e. The Morgan fingerprint density at radius 2 is 1.62 bits per heavy atom. The van der Waals surface area contributed by atoms with E-state index in [0.29, 0.717) is 36.2 Å². The second-order valence-electron chi connectivity index (χ2n) is 9.39. The van der Waals surface area contributed by atoms with Crippen LogP contribution in [-0.4, -0.2) is 34.2 Å². The van der Waals surface area contributed by atoms with E-state index in [-0.39, 0.29) is 17.7 Å². The Hall–Kier alpha value is -4.52. The first kappa shape index (κ1) is 22.9. The Morgan fingerprint density at radius 1 is 0.811 bits per heavy atom. The van der Waals surface area contributed by atoms with Gasteiger partial charge in [0.1, 0.15) is 6.17 Å². The summed E-state index contributed by atoms with van der Waals surface area (Å²) in [7, 11) is 0. The van der Waals surface area contributed by atoms with Crippen molar-refractivity contribution >= 4 is 40.0 Å². The Labute approximate surface area is 214 Å². The van der Waals surface area contributed by atoms with E-state index in [1.54, 1.807) is 22.1 Å². The van der Waals surface area contributed by atoms with Gasteiger partial charge in [0.2, 0.25) is 5.91 Å². The van der Waals surface area contributed by atoms with E-state index in [9.17, 15) is 14.4 Å². The van der Waals surface area contributed by atoms with Gasteiger partial charge in [-0.05, 0) is 55.3 Å². The van der Waals surface area contributed by atoms with E-state index >= 15 is 0 Å². The number of hydrogen-bond donors (Lipinski definition) is 1. The van der Waals surface area contributed by atoms with Crippen LogP contribution in [0.4, 0.5) is 11.4 Å². The maximum absolute atomic E-state index is 13.5. The van der Waals surface area contributed by atoms with Gasteiger partial charge in [-0.15, -0.1) is 0 Å². The molecule has 1 aromatic heterocycles. The monoisotopic (exact) mass is 490 g/mol. The van der Waals surface area contributed by atoms with Crippen LogP contribution in [0, 0.1) is 0 Å². The number of aromatic nitrogens is 1. The van der Waals surface area contributed by atoms with Crippen LogP contribution in [0.1, 0.15) is 58.1 Å². The maximum Gasteiger partial charge on any atom is 0.260 e. The predicted molar refractivity (Wildman–Crippen MR) is 142 cm³/mol. The van der Waals surface area contributed by atoms with Crippen LogP contribution >= 0.6 is 0 Å². The molecule has 2 aliphatic heterocycles. The molecule has 37 heavy (non-hydrogen) atoms. The van der Waals surface area contributed by atoms with Crippen LogP contribution in [-0.2, 0) is 4.79 Å². The molecule has 0 spiro atoms. The molecule has 1 N–H and O–H groups in total. The molecule has 7 nitrogen and oxygen atoms in total. The Kier molecular flexibility index (Phi) is 5.88. The van der Waals surface area contributed by atoms with Gasteiger partial charge in [0.25, 0.3) is 11.8 Å². The van der Waals surface area contributed by atoms with Crippen molar-refractivity contribution < 1.29 is 14.4 Å². The van der Waals surface area contributed by atoms with Crippen molar-refractivity contribution in [3.63, 3.8) is 0 Å². The van der Waals surface area contributed by atoms with Gasteiger partial charge in [0.05, 0.1) is 22.5 Å². The summed E-state index contributed by atoms with van der Waals surface area (Å²) in [5.41, 5.74) is 4.31. The molecule has 0 fully saturated rings. The van der Waals surface area contributed by atoms with E-state index in [1.807, 2.05) is 72.8 Å². The van der Waals surface area contributed by atoms with Gasteiger partial charge in [-0.1, -0.05) is 42.8 Å². The minimum atomic E-state index is -0.436. The summed E-state index contributed by atoms with van der Waals surface area (Å²) in [6, 6.07) is 24.3. The molecule has 6 rings (SSSR count). The number of fused-ring (bicyclic) bond motifs is 6. The third kappa shape index (κ3) is 4.02. The molecule has 4 aromatic rings. The third-order valence-corrected chi connectivity index (χ3v) is 7.11. The lowest BCUT2D eigenvalue weighted by atomic mass is 10.0. The van der Waals surface area contributed by atoms with Crippen LogP contribution in [0.15, 0.2) is 85.1 Å². The van der Waals surface area contributed by atoms with Crippen LogP contribution < -0.4 is 10.2 Å². The van der Waals surface area contributed by atoms with Crippen molar-refractivity contribution in [2.24, 2.45) is 0 Å². The van der Waals surface area contributed by atoms with E-state index < -0.39 is 6.17 Å². The molecule has 2 aliphatic rings. The number of hydrogen-bond acceptors (Lipinski definition) is 4. The molecular formula is C30H26N4O3. The Bertz CT molecular complexity index is 1530. The van der Waals surface area contributed by atoms with Crippen LogP contribution in [0.25, 0.3) is 10.9 Å². The highest BCUT2D eigenvalue weighted by Crippen LogP contribution is 2.45. The summed E-state index contributed by atoms with van der Waals surface area (Å²) in [6.45, 7) is 0.507. The van der Waals surface area contributed by atoms with Gasteiger partial charge in [0.15, 0.2) is 0 Å². The lowest BCUT2D eigenvalue weighted by molar-refractivity contribution is -0.116. The van der Waals surface area contributed by atoms with Gasteiger partial charge >= 0.3 is 0 Å². The fraction of sp³-hybridized carbons (Fsp3) is 0.200. The molecule has 0 bridgehead atoms. The summed E-state index contributed by atoms with van der Waals surface area (Å²) >= 11 is 0. The quantitative estimate of drug-likeness (QED) is 0.345. The van der Waals surface area contributed by atoms with Gasteiger partial charge in [-0.25, -0.2) is 0 Å². The summed E-state index contributed by atoms with van der Waals surface area (Å²) < 4.78 is 0. The molecule has 3 amide bonds. The minimum absolute atomic E-state index is 0.0409. The summed E-state index contributed by atoms with van der Waals surface area (Å²) in [4.78, 5) is 47.2. The zero-order valence-corrected chi connectivity index (χ0v) is 20.3. The number of benzene rings is 3. The van der Waals surface area contributed by atoms with Crippen molar-refractivity contribution in [2.75, 3.05) is 16.8 Å². The standard InChI is InChI=1S/C30H26N4O3/c35-27(32-25-15-8-14-24-22(25)13-9-18-31-24)17-2-1-7-19-33-28-20-10-3-4-11-21(20)30(37)34(28)26-16-6-5-12-23(26)29(33)36/h3-6,8-16,18,28H,1-2,7,17,19H2,(H,32,35). The van der Waals surface area contributed by atoms with Crippen molar-refractivity contribution in [3.8, 4) is 0 Å². The first-order valence-corrected chi connectivity index (χ1v) is 12.6. The molecule has 1 atom stereocenters. The number of unbranched alkanes of at least 4 members (excludes halogenated alkanes) is 2. The van der Waals surface area contributed by atoms with E-state index in [0.717, 1.165) is 35.0 Å². The van der Waals surface area contributed by atoms with Crippen molar-refractivity contribution in [3.05, 3.63) is 102 Å². The number of anilines is 2. The van der Waals surface area contributed by atoms with Gasteiger partial charge in [0, 0.05) is 35.7 Å². The number of nitrogens with zero attached hydrogens (tertiary/aromatic N) is 3. The first-order valence-electron chi connectivity index (χ1n) is 12.6. The molecule has 0 aliphatic carbocycles. The molecule has 0 saturated heterocycles. The van der Waals surface area contributed by atoms with E-state index in [4.69, 9.17) is 0 Å². The fourth-order valence-corrected chi connectivity index (χ4v) is 5.37. The largest absolute Gasteiger partial charge is 0.325 e. The van der Waals surface area contributed by atoms with Crippen molar-refractivity contribution in [1.82, 2.24) is 9.88 Å². The second-order valence-corrected chi connectivity index (χ2v) is 9.39. The highest BCUT2D eigenvalue weighted by atomic mass is 16.2. The summed E-state index contributed by atoms with van der Waals surface area (Å²) in [5, 5.41) is 3.92. The zero-order valence-electron chi connectivity index (χ0n) is 20.3. The number of nitrogens with one attached hydrogen (secondary N) is 1. The molecule has 0 radical (unpaired) electrons. The first-order chi connectivity index (χ1) is 18.1. The van der Waals surface area contributed by atoms with Gasteiger partial charge < -0.3 is 10.2 Å². The Morgan fingerprint density at radius 3 is 2.51 bits per heavy atom. The van der Waals surface area contributed by atoms with Crippen molar-refractivity contribution in [1.29, 1.82) is 0 Å². The lowest BCUT2D eigenvalue weighted by Gasteiger charge is -2.41. The fourth-order valence-electron chi connectivity index (χ4n) is 5.37. The number of carbonyl (C=O) groups excluding carboxylic acids is 3. The second kappa shape index (κ2) is 9.50. The number of pyridine rings is 1. The highest BCUT2D eigenvalue weighted by molar-refractivity contribution is 6.16. The molecule has 3 heterocycles. The normalized spacial score (nSPS) is 15.9. The zero-order chi connectivity index (χ0) is 25.4. The molecule has 3 aromatic carbocycles. The molecule has 184 valence electrons. The maximum atomic E-state index is 13.5. The smallest absolute Gasteiger partial charge is 0.260 e. The Balaban J connectivity index is 1.11. The summed E-state index contributed by atoms with van der Waals surface area (Å²) in [5.74, 6) is -0.185. The third-order valence-electron chi connectivity index (χ3n) is 7.11. The summed E-state index contributed by atoms with van der Waals surface area (Å²) in [6.07, 6.45) is 3.92. The van der Waals surface area contributed by atoms with Gasteiger partial charge in [-0.3, -0.25) is 24.3 Å². The number of para-hydroxylation sites is 1.